The normalized spacial score (nSPS) is 13.4. The molecule has 0 saturated heterocycles. The standard InChI is InChI=1S/C22H25N3O3/c1-28-22(27)17-7-10-19(11-8-17)25-21(26)18-9-12-20(24-15-18)23-14-13-16-5-3-2-4-6-16/h5,7-12,15H,2-4,6,13-14H2,1H3,(H,23,24)(H,25,26). The Morgan fingerprint density at radius 2 is 1.86 bits per heavy atom. The molecule has 6 heteroatoms. The largest absolute Gasteiger partial charge is 0.465 e. The Hall–Kier alpha value is -3.15. The van der Waals surface area contributed by atoms with E-state index in [4.69, 9.17) is 0 Å². The van der Waals surface area contributed by atoms with Crippen LogP contribution in [0.1, 0.15) is 52.8 Å². The Balaban J connectivity index is 1.50. The van der Waals surface area contributed by atoms with Gasteiger partial charge in [-0.25, -0.2) is 9.78 Å². The van der Waals surface area contributed by atoms with Crippen molar-refractivity contribution in [2.45, 2.75) is 32.1 Å². The lowest BCUT2D eigenvalue weighted by molar-refractivity contribution is 0.0600. The summed E-state index contributed by atoms with van der Waals surface area (Å²) in [6, 6.07) is 10.1. The van der Waals surface area contributed by atoms with Crippen molar-refractivity contribution in [3.63, 3.8) is 0 Å². The first kappa shape index (κ1) is 19.6. The molecule has 0 aliphatic heterocycles. The van der Waals surface area contributed by atoms with Crippen LogP contribution in [0.25, 0.3) is 0 Å². The number of carbonyl (C=O) groups is 2. The number of allylic oxidation sites excluding steroid dienone is 1. The van der Waals surface area contributed by atoms with Gasteiger partial charge in [0.05, 0.1) is 18.2 Å². The van der Waals surface area contributed by atoms with Crippen LogP contribution in [0.3, 0.4) is 0 Å². The molecular weight excluding hydrogens is 354 g/mol. The van der Waals surface area contributed by atoms with Crippen molar-refractivity contribution >= 4 is 23.4 Å². The summed E-state index contributed by atoms with van der Waals surface area (Å²) in [7, 11) is 1.33. The summed E-state index contributed by atoms with van der Waals surface area (Å²) in [4.78, 5) is 28.1. The van der Waals surface area contributed by atoms with Crippen molar-refractivity contribution in [2.24, 2.45) is 0 Å². The lowest BCUT2D eigenvalue weighted by atomic mass is 9.97. The average Bonchev–Trinajstić information content (AvgIpc) is 2.75. The van der Waals surface area contributed by atoms with Crippen LogP contribution in [0.4, 0.5) is 11.5 Å². The first-order chi connectivity index (χ1) is 13.7. The summed E-state index contributed by atoms with van der Waals surface area (Å²) in [5.41, 5.74) is 3.02. The van der Waals surface area contributed by atoms with Crippen LogP contribution in [0.2, 0.25) is 0 Å². The molecule has 0 atom stereocenters. The smallest absolute Gasteiger partial charge is 0.337 e. The number of nitrogens with zero attached hydrogens (tertiary/aromatic N) is 1. The molecule has 28 heavy (non-hydrogen) atoms. The minimum Gasteiger partial charge on any atom is -0.465 e. The maximum absolute atomic E-state index is 12.4. The van der Waals surface area contributed by atoms with E-state index in [1.165, 1.54) is 38.4 Å². The fourth-order valence-corrected chi connectivity index (χ4v) is 3.13. The number of benzene rings is 1. The van der Waals surface area contributed by atoms with Gasteiger partial charge in [-0.3, -0.25) is 4.79 Å². The Morgan fingerprint density at radius 1 is 1.07 bits per heavy atom. The molecule has 3 rings (SSSR count). The number of anilines is 2. The van der Waals surface area contributed by atoms with Gasteiger partial charge >= 0.3 is 5.97 Å². The molecule has 0 fully saturated rings. The number of hydrogen-bond acceptors (Lipinski definition) is 5. The number of hydrogen-bond donors (Lipinski definition) is 2. The quantitative estimate of drug-likeness (QED) is 0.550. The minimum absolute atomic E-state index is 0.253. The van der Waals surface area contributed by atoms with Crippen molar-refractivity contribution in [1.82, 2.24) is 4.98 Å². The maximum Gasteiger partial charge on any atom is 0.337 e. The van der Waals surface area contributed by atoms with Crippen LogP contribution in [0, 0.1) is 0 Å². The molecular formula is C22H25N3O3. The molecule has 0 unspecified atom stereocenters. The molecule has 1 aliphatic rings. The van der Waals surface area contributed by atoms with Crippen molar-refractivity contribution in [3.05, 3.63) is 65.4 Å². The van der Waals surface area contributed by atoms with Gasteiger partial charge in [0.25, 0.3) is 5.91 Å². The van der Waals surface area contributed by atoms with Gasteiger partial charge in [-0.2, -0.15) is 0 Å². The van der Waals surface area contributed by atoms with Gasteiger partial charge in [-0.1, -0.05) is 11.6 Å². The van der Waals surface area contributed by atoms with E-state index >= 15 is 0 Å². The van der Waals surface area contributed by atoms with Gasteiger partial charge in [0.15, 0.2) is 0 Å². The average molecular weight is 379 g/mol. The molecule has 2 N–H and O–H groups in total. The van der Waals surface area contributed by atoms with Crippen LogP contribution < -0.4 is 10.6 Å². The maximum atomic E-state index is 12.4. The zero-order valence-electron chi connectivity index (χ0n) is 16.0. The SMILES string of the molecule is COC(=O)c1ccc(NC(=O)c2ccc(NCCC3=CCCCC3)nc2)cc1. The third-order valence-corrected chi connectivity index (χ3v) is 4.73. The van der Waals surface area contributed by atoms with Gasteiger partial charge in [0.1, 0.15) is 5.82 Å². The Labute approximate surface area is 165 Å². The highest BCUT2D eigenvalue weighted by Crippen LogP contribution is 2.20. The number of esters is 1. The first-order valence-corrected chi connectivity index (χ1v) is 9.53. The first-order valence-electron chi connectivity index (χ1n) is 9.53. The van der Waals surface area contributed by atoms with Crippen LogP contribution in [-0.4, -0.2) is 30.5 Å². The van der Waals surface area contributed by atoms with Crippen LogP contribution in [-0.2, 0) is 4.74 Å². The number of rotatable bonds is 7. The molecule has 1 aromatic carbocycles. The zero-order valence-corrected chi connectivity index (χ0v) is 16.0. The van der Waals surface area contributed by atoms with Gasteiger partial charge in [-0.15, -0.1) is 0 Å². The van der Waals surface area contributed by atoms with Crippen molar-refractivity contribution in [3.8, 4) is 0 Å². The van der Waals surface area contributed by atoms with E-state index in [0.717, 1.165) is 18.8 Å². The van der Waals surface area contributed by atoms with Crippen molar-refractivity contribution < 1.29 is 14.3 Å². The predicted molar refractivity (Wildman–Crippen MR) is 110 cm³/mol. The molecule has 1 heterocycles. The van der Waals surface area contributed by atoms with Crippen LogP contribution in [0.15, 0.2) is 54.2 Å². The predicted octanol–water partition coefficient (Wildman–Crippen LogP) is 4.42. The number of amides is 1. The molecule has 0 spiro atoms. The molecule has 0 bridgehead atoms. The lowest BCUT2D eigenvalue weighted by Crippen LogP contribution is -2.13. The van der Waals surface area contributed by atoms with E-state index < -0.39 is 5.97 Å². The Morgan fingerprint density at radius 3 is 2.50 bits per heavy atom. The second kappa shape index (κ2) is 9.69. The van der Waals surface area contributed by atoms with Crippen molar-refractivity contribution in [1.29, 1.82) is 0 Å². The molecule has 1 aromatic heterocycles. The molecule has 0 saturated carbocycles. The summed E-state index contributed by atoms with van der Waals surface area (Å²) in [6.07, 6.45) is 9.93. The number of nitrogens with one attached hydrogen (secondary N) is 2. The molecule has 2 aromatic rings. The minimum atomic E-state index is -0.412. The topological polar surface area (TPSA) is 80.3 Å². The van der Waals surface area contributed by atoms with E-state index in [-0.39, 0.29) is 5.91 Å². The fraction of sp³-hybridized carbons (Fsp3) is 0.318. The van der Waals surface area contributed by atoms with E-state index in [2.05, 4.69) is 26.4 Å². The summed E-state index contributed by atoms with van der Waals surface area (Å²) in [6.45, 7) is 0.844. The van der Waals surface area contributed by atoms with E-state index in [9.17, 15) is 9.59 Å². The third kappa shape index (κ3) is 5.42. The lowest BCUT2D eigenvalue weighted by Gasteiger charge is -2.13. The molecule has 1 aliphatic carbocycles. The van der Waals surface area contributed by atoms with Crippen molar-refractivity contribution in [2.75, 3.05) is 24.3 Å². The third-order valence-electron chi connectivity index (χ3n) is 4.73. The molecule has 146 valence electrons. The highest BCUT2D eigenvalue weighted by Gasteiger charge is 2.09. The number of aromatic nitrogens is 1. The monoisotopic (exact) mass is 379 g/mol. The van der Waals surface area contributed by atoms with Crippen LogP contribution in [0.5, 0.6) is 0 Å². The summed E-state index contributed by atoms with van der Waals surface area (Å²) < 4.78 is 4.66. The van der Waals surface area contributed by atoms with Gasteiger partial charge < -0.3 is 15.4 Å². The van der Waals surface area contributed by atoms with Gasteiger partial charge in [0.2, 0.25) is 0 Å². The molecule has 1 amide bonds. The van der Waals surface area contributed by atoms with Gasteiger partial charge in [0, 0.05) is 18.4 Å². The van der Waals surface area contributed by atoms with E-state index in [1.54, 1.807) is 36.5 Å². The molecule has 6 nitrogen and oxygen atoms in total. The number of carbonyl (C=O) groups excluding carboxylic acids is 2. The van der Waals surface area contributed by atoms with E-state index in [1.807, 2.05) is 6.07 Å². The highest BCUT2D eigenvalue weighted by molar-refractivity contribution is 6.04. The second-order valence-corrected chi connectivity index (χ2v) is 6.74. The highest BCUT2D eigenvalue weighted by atomic mass is 16.5. The number of methoxy groups -OCH3 is 1. The molecule has 0 radical (unpaired) electrons. The van der Waals surface area contributed by atoms with Gasteiger partial charge in [-0.05, 0) is 68.5 Å². The zero-order chi connectivity index (χ0) is 19.8. The summed E-state index contributed by atoms with van der Waals surface area (Å²) in [5, 5.41) is 6.09. The Bertz CT molecular complexity index is 842. The fourth-order valence-electron chi connectivity index (χ4n) is 3.13. The number of ether oxygens (including phenoxy) is 1. The second-order valence-electron chi connectivity index (χ2n) is 6.74. The summed E-state index contributed by atoms with van der Waals surface area (Å²) in [5.74, 6) is 0.0950. The summed E-state index contributed by atoms with van der Waals surface area (Å²) >= 11 is 0. The Kier molecular flexibility index (Phi) is 6.78. The van der Waals surface area contributed by atoms with E-state index in [0.29, 0.717) is 16.8 Å². The van der Waals surface area contributed by atoms with Crippen LogP contribution >= 0.6 is 0 Å². The number of pyridine rings is 1.